The van der Waals surface area contributed by atoms with Gasteiger partial charge >= 0.3 is 5.97 Å². The maximum atomic E-state index is 12.0. The Morgan fingerprint density at radius 2 is 2.13 bits per heavy atom. The monoisotopic (exact) mass is 317 g/mol. The van der Waals surface area contributed by atoms with Crippen LogP contribution in [-0.2, 0) is 16.0 Å². The van der Waals surface area contributed by atoms with Gasteiger partial charge in [0, 0.05) is 35.8 Å². The quantitative estimate of drug-likeness (QED) is 0.551. The largest absolute Gasteiger partial charge is 0.481 e. The topological polar surface area (TPSA) is 125 Å². The Balaban J connectivity index is 1.71. The number of carbonyl (C=O) groups excluding carboxylic acids is 1. The first-order valence-corrected chi connectivity index (χ1v) is 7.16. The Bertz CT molecular complexity index is 807. The number of aromatic nitrogens is 1. The number of non-ortho nitro benzene ring substituents is 1. The zero-order chi connectivity index (χ0) is 16.6. The van der Waals surface area contributed by atoms with Crippen molar-refractivity contribution in [3.63, 3.8) is 0 Å². The molecular formula is C15H15N3O5. The summed E-state index contributed by atoms with van der Waals surface area (Å²) in [5.41, 5.74) is 0.500. The number of carbonyl (C=O) groups is 2. The average Bonchev–Trinajstić information content (AvgIpc) is 3.22. The standard InChI is InChI=1S/C15H15N3O5/c19-13(17-8-15(3-4-15)14(20)21)5-9-7-16-12-2-1-10(18(22)23)6-11(9)12/h1-2,6-7,16H,3-5,8H2,(H,17,19)(H,20,21). The lowest BCUT2D eigenvalue weighted by Gasteiger charge is -2.10. The molecule has 0 unspecified atom stereocenters. The summed E-state index contributed by atoms with van der Waals surface area (Å²) in [6, 6.07) is 4.42. The fourth-order valence-corrected chi connectivity index (χ4v) is 2.55. The van der Waals surface area contributed by atoms with Crippen molar-refractivity contribution < 1.29 is 19.6 Å². The number of hydrogen-bond acceptors (Lipinski definition) is 4. The van der Waals surface area contributed by atoms with E-state index in [0.717, 1.165) is 0 Å². The van der Waals surface area contributed by atoms with Crippen LogP contribution < -0.4 is 5.32 Å². The summed E-state index contributed by atoms with van der Waals surface area (Å²) in [6.45, 7) is 0.115. The maximum Gasteiger partial charge on any atom is 0.311 e. The van der Waals surface area contributed by atoms with E-state index < -0.39 is 16.3 Å². The average molecular weight is 317 g/mol. The van der Waals surface area contributed by atoms with Crippen molar-refractivity contribution in [3.8, 4) is 0 Å². The predicted octanol–water partition coefficient (Wildman–Crippen LogP) is 1.60. The Morgan fingerprint density at radius 3 is 2.74 bits per heavy atom. The van der Waals surface area contributed by atoms with E-state index in [9.17, 15) is 19.7 Å². The molecule has 1 saturated carbocycles. The van der Waals surface area contributed by atoms with Gasteiger partial charge in [-0.3, -0.25) is 19.7 Å². The number of H-pyrrole nitrogens is 1. The van der Waals surface area contributed by atoms with Crippen molar-refractivity contribution in [2.24, 2.45) is 5.41 Å². The van der Waals surface area contributed by atoms with Gasteiger partial charge in [-0.25, -0.2) is 0 Å². The van der Waals surface area contributed by atoms with Gasteiger partial charge < -0.3 is 15.4 Å². The molecular weight excluding hydrogens is 302 g/mol. The van der Waals surface area contributed by atoms with Gasteiger partial charge in [-0.15, -0.1) is 0 Å². The van der Waals surface area contributed by atoms with E-state index in [-0.39, 0.29) is 24.6 Å². The number of rotatable bonds is 6. The molecule has 0 spiro atoms. The summed E-state index contributed by atoms with van der Waals surface area (Å²) in [7, 11) is 0. The highest BCUT2D eigenvalue weighted by Gasteiger charge is 2.50. The van der Waals surface area contributed by atoms with E-state index in [1.54, 1.807) is 12.3 Å². The van der Waals surface area contributed by atoms with Crippen molar-refractivity contribution >= 4 is 28.5 Å². The molecule has 1 fully saturated rings. The Morgan fingerprint density at radius 1 is 1.39 bits per heavy atom. The second-order valence-electron chi connectivity index (χ2n) is 5.84. The van der Waals surface area contributed by atoms with Crippen LogP contribution in [0.5, 0.6) is 0 Å². The van der Waals surface area contributed by atoms with Crippen molar-refractivity contribution in [3.05, 3.63) is 40.1 Å². The first kappa shape index (κ1) is 15.0. The molecule has 1 aliphatic carbocycles. The Hall–Kier alpha value is -2.90. The third kappa shape index (κ3) is 2.87. The lowest BCUT2D eigenvalue weighted by Crippen LogP contribution is -2.35. The molecule has 0 radical (unpaired) electrons. The van der Waals surface area contributed by atoms with Gasteiger partial charge in [-0.2, -0.15) is 0 Å². The highest BCUT2D eigenvalue weighted by Crippen LogP contribution is 2.45. The highest BCUT2D eigenvalue weighted by atomic mass is 16.6. The predicted molar refractivity (Wildman–Crippen MR) is 81.0 cm³/mol. The smallest absolute Gasteiger partial charge is 0.311 e. The number of nitro benzene ring substituents is 1. The van der Waals surface area contributed by atoms with E-state index >= 15 is 0 Å². The van der Waals surface area contributed by atoms with Crippen molar-refractivity contribution in [2.45, 2.75) is 19.3 Å². The molecule has 0 atom stereocenters. The van der Waals surface area contributed by atoms with E-state index in [2.05, 4.69) is 10.3 Å². The van der Waals surface area contributed by atoms with Gasteiger partial charge in [-0.1, -0.05) is 0 Å². The summed E-state index contributed by atoms with van der Waals surface area (Å²) in [6.07, 6.45) is 2.82. The lowest BCUT2D eigenvalue weighted by molar-refractivity contribution is -0.384. The molecule has 8 heteroatoms. The van der Waals surface area contributed by atoms with Crippen LogP contribution in [0.2, 0.25) is 0 Å². The fourth-order valence-electron chi connectivity index (χ4n) is 2.55. The van der Waals surface area contributed by atoms with Gasteiger partial charge in [-0.05, 0) is 24.5 Å². The second kappa shape index (κ2) is 5.38. The summed E-state index contributed by atoms with van der Waals surface area (Å²) >= 11 is 0. The summed E-state index contributed by atoms with van der Waals surface area (Å²) in [5.74, 6) is -1.19. The zero-order valence-electron chi connectivity index (χ0n) is 12.2. The molecule has 23 heavy (non-hydrogen) atoms. The van der Waals surface area contributed by atoms with Gasteiger partial charge in [0.1, 0.15) is 0 Å². The number of fused-ring (bicyclic) bond motifs is 1. The number of nitro groups is 1. The van der Waals surface area contributed by atoms with Crippen LogP contribution >= 0.6 is 0 Å². The SMILES string of the molecule is O=C(Cc1c[nH]c2ccc([N+](=O)[O-])cc12)NCC1(C(=O)O)CC1. The molecule has 1 aliphatic rings. The number of hydrogen-bond donors (Lipinski definition) is 3. The number of benzene rings is 1. The minimum Gasteiger partial charge on any atom is -0.481 e. The molecule has 1 aromatic heterocycles. The number of nitrogens with zero attached hydrogens (tertiary/aromatic N) is 1. The normalized spacial score (nSPS) is 15.3. The molecule has 1 amide bonds. The van der Waals surface area contributed by atoms with Crippen molar-refractivity contribution in [1.29, 1.82) is 0 Å². The van der Waals surface area contributed by atoms with Crippen LogP contribution in [0.3, 0.4) is 0 Å². The number of carboxylic acids is 1. The maximum absolute atomic E-state index is 12.0. The molecule has 8 nitrogen and oxygen atoms in total. The van der Waals surface area contributed by atoms with Crippen molar-refractivity contribution in [1.82, 2.24) is 10.3 Å². The van der Waals surface area contributed by atoms with E-state index in [1.165, 1.54) is 12.1 Å². The summed E-state index contributed by atoms with van der Waals surface area (Å²) in [5, 5.41) is 23.2. The van der Waals surface area contributed by atoms with Crippen molar-refractivity contribution in [2.75, 3.05) is 6.54 Å². The third-order valence-electron chi connectivity index (χ3n) is 4.24. The van der Waals surface area contributed by atoms with Gasteiger partial charge in [0.25, 0.3) is 5.69 Å². The van der Waals surface area contributed by atoms with Gasteiger partial charge in [0.05, 0.1) is 16.8 Å². The third-order valence-corrected chi connectivity index (χ3v) is 4.24. The van der Waals surface area contributed by atoms with Crippen LogP contribution in [0.4, 0.5) is 5.69 Å². The van der Waals surface area contributed by atoms with Gasteiger partial charge in [0.2, 0.25) is 5.91 Å². The summed E-state index contributed by atoms with van der Waals surface area (Å²) < 4.78 is 0. The molecule has 0 saturated heterocycles. The molecule has 2 aromatic rings. The lowest BCUT2D eigenvalue weighted by atomic mass is 10.1. The molecule has 0 bridgehead atoms. The molecule has 3 rings (SSSR count). The number of nitrogens with one attached hydrogen (secondary N) is 2. The molecule has 1 heterocycles. The number of aliphatic carboxylic acids is 1. The molecule has 3 N–H and O–H groups in total. The Kier molecular flexibility index (Phi) is 3.51. The van der Waals surface area contributed by atoms with Crippen LogP contribution in [0, 0.1) is 15.5 Å². The summed E-state index contributed by atoms with van der Waals surface area (Å²) in [4.78, 5) is 36.4. The Labute approximate surface area is 130 Å². The van der Waals surface area contributed by atoms with Gasteiger partial charge in [0.15, 0.2) is 0 Å². The number of carboxylic acid groups (broad SMARTS) is 1. The fraction of sp³-hybridized carbons (Fsp3) is 0.333. The van der Waals surface area contributed by atoms with Crippen LogP contribution in [0.25, 0.3) is 10.9 Å². The first-order chi connectivity index (χ1) is 10.9. The number of aromatic amines is 1. The minimum absolute atomic E-state index is 0.0386. The molecule has 0 aliphatic heterocycles. The van der Waals surface area contributed by atoms with Crippen LogP contribution in [0.1, 0.15) is 18.4 Å². The zero-order valence-corrected chi connectivity index (χ0v) is 12.2. The number of amides is 1. The first-order valence-electron chi connectivity index (χ1n) is 7.16. The van der Waals surface area contributed by atoms with Crippen LogP contribution in [0.15, 0.2) is 24.4 Å². The van der Waals surface area contributed by atoms with E-state index in [4.69, 9.17) is 5.11 Å². The van der Waals surface area contributed by atoms with E-state index in [1.807, 2.05) is 0 Å². The minimum atomic E-state index is -0.888. The van der Waals surface area contributed by atoms with Crippen LogP contribution in [-0.4, -0.2) is 33.4 Å². The second-order valence-corrected chi connectivity index (χ2v) is 5.84. The molecule has 120 valence electrons. The molecule has 1 aromatic carbocycles. The van der Waals surface area contributed by atoms with E-state index in [0.29, 0.717) is 29.3 Å². The highest BCUT2D eigenvalue weighted by molar-refractivity contribution is 5.90.